The fourth-order valence-electron chi connectivity index (χ4n) is 1.46. The van der Waals surface area contributed by atoms with Crippen LogP contribution in [0, 0.1) is 5.92 Å². The highest BCUT2D eigenvalue weighted by Gasteiger charge is 2.23. The van der Waals surface area contributed by atoms with Gasteiger partial charge in [-0.05, 0) is 41.7 Å². The number of carbonyl (C=O) groups excluding carboxylic acids is 1. The molecule has 1 unspecified atom stereocenters. The van der Waals surface area contributed by atoms with Gasteiger partial charge in [0.25, 0.3) is 0 Å². The number of rotatable bonds is 6. The van der Waals surface area contributed by atoms with E-state index in [1.807, 2.05) is 16.8 Å². The van der Waals surface area contributed by atoms with Gasteiger partial charge in [0.15, 0.2) is 0 Å². The third-order valence-corrected chi connectivity index (χ3v) is 3.43. The summed E-state index contributed by atoms with van der Waals surface area (Å²) in [4.78, 5) is 11.5. The molecule has 1 rings (SSSR count). The smallest absolute Gasteiger partial charge is 0.314 e. The average Bonchev–Trinajstić information content (AvgIpc) is 2.80. The summed E-state index contributed by atoms with van der Waals surface area (Å²) < 4.78 is 0. The molecule has 0 radical (unpaired) electrons. The number of urea groups is 1. The molecule has 3 N–H and O–H groups in total. The fraction of sp³-hybridized carbons (Fsp3) is 0.615. The average molecular weight is 270 g/mol. The van der Waals surface area contributed by atoms with Crippen molar-refractivity contribution in [1.29, 1.82) is 0 Å². The lowest BCUT2D eigenvalue weighted by molar-refractivity contribution is 0.0598. The normalized spacial score (nSPS) is 14.3. The zero-order valence-electron chi connectivity index (χ0n) is 11.2. The first-order chi connectivity index (χ1) is 8.42. The molecular formula is C13H22N2O2S. The van der Waals surface area contributed by atoms with Crippen LogP contribution in [0.25, 0.3) is 0 Å². The van der Waals surface area contributed by atoms with Gasteiger partial charge in [-0.15, -0.1) is 0 Å². The second kappa shape index (κ2) is 6.75. The lowest BCUT2D eigenvalue weighted by Crippen LogP contribution is -2.43. The zero-order valence-corrected chi connectivity index (χ0v) is 12.0. The minimum Gasteiger partial charge on any atom is -0.384 e. The van der Waals surface area contributed by atoms with Gasteiger partial charge in [0.1, 0.15) is 5.60 Å². The van der Waals surface area contributed by atoms with Gasteiger partial charge in [0.05, 0.1) is 6.54 Å². The lowest BCUT2D eigenvalue weighted by Gasteiger charge is -2.23. The van der Waals surface area contributed by atoms with Crippen molar-refractivity contribution in [3.63, 3.8) is 0 Å². The van der Waals surface area contributed by atoms with Crippen molar-refractivity contribution in [2.75, 3.05) is 13.1 Å². The van der Waals surface area contributed by atoms with E-state index in [0.717, 1.165) is 12.0 Å². The van der Waals surface area contributed by atoms with Gasteiger partial charge in [-0.1, -0.05) is 13.8 Å². The first-order valence-corrected chi connectivity index (χ1v) is 7.13. The molecule has 0 bridgehead atoms. The number of thiophene rings is 1. The van der Waals surface area contributed by atoms with Gasteiger partial charge in [-0.25, -0.2) is 4.79 Å². The van der Waals surface area contributed by atoms with E-state index in [1.165, 1.54) is 11.3 Å². The molecule has 1 aromatic heterocycles. The van der Waals surface area contributed by atoms with Crippen LogP contribution in [0.15, 0.2) is 16.8 Å². The van der Waals surface area contributed by atoms with Gasteiger partial charge in [0, 0.05) is 6.54 Å². The van der Waals surface area contributed by atoms with Crippen molar-refractivity contribution in [2.24, 2.45) is 5.92 Å². The van der Waals surface area contributed by atoms with Crippen LogP contribution in [0.1, 0.15) is 32.8 Å². The summed E-state index contributed by atoms with van der Waals surface area (Å²) in [6, 6.07) is 1.63. The lowest BCUT2D eigenvalue weighted by atomic mass is 9.99. The Bertz CT molecular complexity index is 361. The van der Waals surface area contributed by atoms with Gasteiger partial charge in [-0.2, -0.15) is 11.3 Å². The molecule has 0 spiro atoms. The van der Waals surface area contributed by atoms with Crippen LogP contribution >= 0.6 is 11.3 Å². The zero-order chi connectivity index (χ0) is 13.6. The maximum absolute atomic E-state index is 11.5. The van der Waals surface area contributed by atoms with Crippen LogP contribution in [0.5, 0.6) is 0 Å². The molecule has 0 aliphatic rings. The summed E-state index contributed by atoms with van der Waals surface area (Å²) in [5.41, 5.74) is -0.190. The van der Waals surface area contributed by atoms with Crippen molar-refractivity contribution in [3.8, 4) is 0 Å². The molecule has 1 aromatic rings. The predicted molar refractivity (Wildman–Crippen MR) is 74.7 cm³/mol. The summed E-state index contributed by atoms with van der Waals surface area (Å²) in [7, 11) is 0. The molecule has 0 saturated carbocycles. The third kappa shape index (κ3) is 5.06. The SMILES string of the molecule is CC(C)CCNC(=O)NCC(C)(O)c1ccsc1. The van der Waals surface area contributed by atoms with E-state index in [2.05, 4.69) is 24.5 Å². The second-order valence-electron chi connectivity index (χ2n) is 5.08. The highest BCUT2D eigenvalue weighted by molar-refractivity contribution is 7.08. The van der Waals surface area contributed by atoms with Gasteiger partial charge < -0.3 is 15.7 Å². The molecule has 102 valence electrons. The molecule has 18 heavy (non-hydrogen) atoms. The van der Waals surface area contributed by atoms with E-state index in [4.69, 9.17) is 0 Å². The third-order valence-electron chi connectivity index (χ3n) is 2.74. The molecule has 0 fully saturated rings. The Morgan fingerprint density at radius 2 is 2.22 bits per heavy atom. The molecule has 0 aromatic carbocycles. The maximum atomic E-state index is 11.5. The number of hydrogen-bond acceptors (Lipinski definition) is 3. The van der Waals surface area contributed by atoms with Crippen LogP contribution in [-0.2, 0) is 5.60 Å². The molecule has 0 saturated heterocycles. The number of aliphatic hydroxyl groups is 1. The van der Waals surface area contributed by atoms with Crippen LogP contribution in [-0.4, -0.2) is 24.2 Å². The summed E-state index contributed by atoms with van der Waals surface area (Å²) in [6.45, 7) is 6.78. The summed E-state index contributed by atoms with van der Waals surface area (Å²) >= 11 is 1.53. The van der Waals surface area contributed by atoms with E-state index >= 15 is 0 Å². The Morgan fingerprint density at radius 1 is 1.50 bits per heavy atom. The second-order valence-corrected chi connectivity index (χ2v) is 5.86. The fourth-order valence-corrected chi connectivity index (χ4v) is 2.25. The van der Waals surface area contributed by atoms with E-state index in [9.17, 15) is 9.90 Å². The first-order valence-electron chi connectivity index (χ1n) is 6.18. The minimum absolute atomic E-state index is 0.206. The van der Waals surface area contributed by atoms with Crippen molar-refractivity contribution in [2.45, 2.75) is 32.8 Å². The van der Waals surface area contributed by atoms with Crippen molar-refractivity contribution >= 4 is 17.4 Å². The monoisotopic (exact) mass is 270 g/mol. The van der Waals surface area contributed by atoms with Gasteiger partial charge >= 0.3 is 6.03 Å². The highest BCUT2D eigenvalue weighted by atomic mass is 32.1. The van der Waals surface area contributed by atoms with Gasteiger partial charge in [-0.3, -0.25) is 0 Å². The van der Waals surface area contributed by atoms with Crippen LogP contribution in [0.4, 0.5) is 4.79 Å². The Kier molecular flexibility index (Phi) is 5.62. The number of amides is 2. The van der Waals surface area contributed by atoms with E-state index in [1.54, 1.807) is 6.92 Å². The largest absolute Gasteiger partial charge is 0.384 e. The van der Waals surface area contributed by atoms with Crippen molar-refractivity contribution in [1.82, 2.24) is 10.6 Å². The molecular weight excluding hydrogens is 248 g/mol. The summed E-state index contributed by atoms with van der Waals surface area (Å²) in [5, 5.41) is 19.5. The number of nitrogens with one attached hydrogen (secondary N) is 2. The molecule has 1 heterocycles. The molecule has 4 nitrogen and oxygen atoms in total. The van der Waals surface area contributed by atoms with Crippen LogP contribution in [0.3, 0.4) is 0 Å². The highest BCUT2D eigenvalue weighted by Crippen LogP contribution is 2.21. The van der Waals surface area contributed by atoms with Crippen LogP contribution in [0.2, 0.25) is 0 Å². The number of hydrogen-bond donors (Lipinski definition) is 3. The Hall–Kier alpha value is -1.07. The van der Waals surface area contributed by atoms with Crippen molar-refractivity contribution in [3.05, 3.63) is 22.4 Å². The predicted octanol–water partition coefficient (Wildman–Crippen LogP) is 2.30. The van der Waals surface area contributed by atoms with E-state index in [-0.39, 0.29) is 12.6 Å². The van der Waals surface area contributed by atoms with Gasteiger partial charge in [0.2, 0.25) is 0 Å². The molecule has 2 amide bonds. The standard InChI is InChI=1S/C13H22N2O2S/c1-10(2)4-6-14-12(16)15-9-13(3,17)11-5-7-18-8-11/h5,7-8,10,17H,4,6,9H2,1-3H3,(H2,14,15,16). The van der Waals surface area contributed by atoms with E-state index in [0.29, 0.717) is 12.5 Å². The summed E-state index contributed by atoms with van der Waals surface area (Å²) in [5.74, 6) is 0.569. The quantitative estimate of drug-likeness (QED) is 0.743. The molecule has 0 aliphatic carbocycles. The minimum atomic E-state index is -1.02. The Balaban J connectivity index is 2.29. The van der Waals surface area contributed by atoms with Crippen LogP contribution < -0.4 is 10.6 Å². The molecule has 0 aliphatic heterocycles. The van der Waals surface area contributed by atoms with E-state index < -0.39 is 5.60 Å². The topological polar surface area (TPSA) is 61.4 Å². The summed E-state index contributed by atoms with van der Waals surface area (Å²) in [6.07, 6.45) is 0.953. The van der Waals surface area contributed by atoms with Crippen molar-refractivity contribution < 1.29 is 9.90 Å². The first kappa shape index (κ1) is 15.0. The Morgan fingerprint density at radius 3 is 2.78 bits per heavy atom. The maximum Gasteiger partial charge on any atom is 0.314 e. The molecule has 1 atom stereocenters. The Labute approximate surface area is 112 Å². The number of carbonyl (C=O) groups is 1. The molecule has 5 heteroatoms.